The number of para-hydroxylation sites is 1. The Morgan fingerprint density at radius 3 is 2.38 bits per heavy atom. The van der Waals surface area contributed by atoms with Crippen LogP contribution in [0.4, 0.5) is 0 Å². The van der Waals surface area contributed by atoms with Gasteiger partial charge in [-0.2, -0.15) is 0 Å². The van der Waals surface area contributed by atoms with Gasteiger partial charge in [-0.3, -0.25) is 9.59 Å². The van der Waals surface area contributed by atoms with Crippen LogP contribution >= 0.6 is 23.2 Å². The van der Waals surface area contributed by atoms with Crippen molar-refractivity contribution in [3.63, 3.8) is 0 Å². The van der Waals surface area contributed by atoms with Crippen LogP contribution in [0.2, 0.25) is 10.0 Å². The molecular formula is C14H17Cl2NO4. The van der Waals surface area contributed by atoms with Crippen LogP contribution in [0.3, 0.4) is 0 Å². The number of halogens is 2. The van der Waals surface area contributed by atoms with E-state index in [-0.39, 0.29) is 24.7 Å². The Morgan fingerprint density at radius 2 is 1.86 bits per heavy atom. The molecule has 0 bridgehead atoms. The van der Waals surface area contributed by atoms with Crippen LogP contribution in [0.15, 0.2) is 18.2 Å². The lowest BCUT2D eigenvalue weighted by Crippen LogP contribution is -2.45. The van der Waals surface area contributed by atoms with Gasteiger partial charge in [-0.25, -0.2) is 0 Å². The van der Waals surface area contributed by atoms with Crippen molar-refractivity contribution in [2.75, 3.05) is 6.61 Å². The molecule has 0 aliphatic heterocycles. The molecule has 7 heteroatoms. The summed E-state index contributed by atoms with van der Waals surface area (Å²) in [5.41, 5.74) is -0.636. The second-order valence-electron chi connectivity index (χ2n) is 5.17. The summed E-state index contributed by atoms with van der Waals surface area (Å²) in [5.74, 6) is -1.03. The van der Waals surface area contributed by atoms with Crippen LogP contribution in [0.25, 0.3) is 0 Å². The molecule has 0 fully saturated rings. The van der Waals surface area contributed by atoms with E-state index in [1.807, 2.05) is 0 Å². The van der Waals surface area contributed by atoms with Crippen LogP contribution in [-0.4, -0.2) is 29.1 Å². The van der Waals surface area contributed by atoms with Gasteiger partial charge < -0.3 is 15.2 Å². The zero-order chi connectivity index (χ0) is 16.0. The molecule has 1 aromatic carbocycles. The Labute approximate surface area is 133 Å². The largest absolute Gasteiger partial charge is 0.481 e. The summed E-state index contributed by atoms with van der Waals surface area (Å²) in [5, 5.41) is 12.0. The van der Waals surface area contributed by atoms with Gasteiger partial charge in [0.25, 0.3) is 5.91 Å². The summed E-state index contributed by atoms with van der Waals surface area (Å²) in [6.07, 6.45) is 0.297. The minimum Gasteiger partial charge on any atom is -0.481 e. The maximum atomic E-state index is 11.8. The molecule has 116 valence electrons. The van der Waals surface area contributed by atoms with E-state index in [9.17, 15) is 9.59 Å². The lowest BCUT2D eigenvalue weighted by molar-refractivity contribution is -0.138. The normalized spacial score (nSPS) is 11.0. The number of carboxylic acids is 1. The van der Waals surface area contributed by atoms with Crippen molar-refractivity contribution in [3.05, 3.63) is 28.2 Å². The van der Waals surface area contributed by atoms with Crippen molar-refractivity contribution in [2.45, 2.75) is 32.2 Å². The van der Waals surface area contributed by atoms with E-state index in [2.05, 4.69) is 5.32 Å². The number of benzene rings is 1. The lowest BCUT2D eigenvalue weighted by Gasteiger charge is -2.25. The first-order chi connectivity index (χ1) is 9.71. The van der Waals surface area contributed by atoms with E-state index < -0.39 is 11.5 Å². The summed E-state index contributed by atoms with van der Waals surface area (Å²) in [7, 11) is 0. The SMILES string of the molecule is CC(C)(CCC(=O)O)NC(=O)COc1c(Cl)cccc1Cl. The number of rotatable bonds is 7. The Bertz CT molecular complexity index is 511. The smallest absolute Gasteiger partial charge is 0.303 e. The molecule has 0 radical (unpaired) electrons. The van der Waals surface area contributed by atoms with Crippen LogP contribution < -0.4 is 10.1 Å². The molecule has 2 N–H and O–H groups in total. The summed E-state index contributed by atoms with van der Waals surface area (Å²) >= 11 is 11.8. The number of hydrogen-bond acceptors (Lipinski definition) is 3. The van der Waals surface area contributed by atoms with Gasteiger partial charge >= 0.3 is 5.97 Å². The molecule has 0 unspecified atom stereocenters. The van der Waals surface area contributed by atoms with E-state index >= 15 is 0 Å². The van der Waals surface area contributed by atoms with Gasteiger partial charge in [-0.1, -0.05) is 29.3 Å². The maximum Gasteiger partial charge on any atom is 0.303 e. The van der Waals surface area contributed by atoms with Crippen molar-refractivity contribution in [1.82, 2.24) is 5.32 Å². The zero-order valence-electron chi connectivity index (χ0n) is 11.8. The number of hydrogen-bond donors (Lipinski definition) is 2. The Morgan fingerprint density at radius 1 is 1.29 bits per heavy atom. The molecule has 21 heavy (non-hydrogen) atoms. The van der Waals surface area contributed by atoms with Crippen LogP contribution in [-0.2, 0) is 9.59 Å². The van der Waals surface area contributed by atoms with Crippen LogP contribution in [0, 0.1) is 0 Å². The fourth-order valence-corrected chi connectivity index (χ4v) is 2.16. The fourth-order valence-electron chi connectivity index (χ4n) is 1.65. The summed E-state index contributed by atoms with van der Waals surface area (Å²) in [6, 6.07) is 4.89. The molecule has 0 spiro atoms. The third-order valence-electron chi connectivity index (χ3n) is 2.71. The molecule has 1 rings (SSSR count). The Kier molecular flexibility index (Phi) is 6.30. The van der Waals surface area contributed by atoms with Gasteiger partial charge in [0, 0.05) is 12.0 Å². The van der Waals surface area contributed by atoms with E-state index in [1.165, 1.54) is 0 Å². The topological polar surface area (TPSA) is 75.6 Å². The van der Waals surface area contributed by atoms with Crippen molar-refractivity contribution >= 4 is 35.1 Å². The molecule has 0 saturated carbocycles. The average molecular weight is 334 g/mol. The Hall–Kier alpha value is -1.46. The highest BCUT2D eigenvalue weighted by Gasteiger charge is 2.22. The number of amides is 1. The second-order valence-corrected chi connectivity index (χ2v) is 5.98. The van der Waals surface area contributed by atoms with Gasteiger partial charge in [0.1, 0.15) is 0 Å². The first-order valence-corrected chi connectivity index (χ1v) is 7.06. The summed E-state index contributed by atoms with van der Waals surface area (Å²) in [6.45, 7) is 3.24. The van der Waals surface area contributed by atoms with Crippen molar-refractivity contribution < 1.29 is 19.4 Å². The average Bonchev–Trinajstić information content (AvgIpc) is 2.35. The highest BCUT2D eigenvalue weighted by molar-refractivity contribution is 6.37. The molecule has 0 aliphatic rings. The van der Waals surface area contributed by atoms with E-state index in [4.69, 9.17) is 33.0 Å². The fraction of sp³-hybridized carbons (Fsp3) is 0.429. The number of carbonyl (C=O) groups is 2. The summed E-state index contributed by atoms with van der Waals surface area (Å²) in [4.78, 5) is 22.4. The highest BCUT2D eigenvalue weighted by Crippen LogP contribution is 2.32. The third-order valence-corrected chi connectivity index (χ3v) is 3.30. The quantitative estimate of drug-likeness (QED) is 0.803. The number of nitrogens with one attached hydrogen (secondary N) is 1. The number of carbonyl (C=O) groups excluding carboxylic acids is 1. The molecule has 0 atom stereocenters. The van der Waals surface area contributed by atoms with Gasteiger partial charge in [0.15, 0.2) is 12.4 Å². The van der Waals surface area contributed by atoms with Gasteiger partial charge in [-0.05, 0) is 32.4 Å². The number of ether oxygens (including phenoxy) is 1. The van der Waals surface area contributed by atoms with E-state index in [1.54, 1.807) is 32.0 Å². The molecule has 0 saturated heterocycles. The molecule has 5 nitrogen and oxygen atoms in total. The zero-order valence-corrected chi connectivity index (χ0v) is 13.3. The van der Waals surface area contributed by atoms with Crippen LogP contribution in [0.5, 0.6) is 5.75 Å². The third kappa shape index (κ3) is 6.23. The van der Waals surface area contributed by atoms with Crippen molar-refractivity contribution in [1.29, 1.82) is 0 Å². The first kappa shape index (κ1) is 17.6. The molecule has 0 aromatic heterocycles. The molecule has 0 heterocycles. The minimum atomic E-state index is -0.906. The number of aliphatic carboxylic acids is 1. The van der Waals surface area contributed by atoms with E-state index in [0.717, 1.165) is 0 Å². The molecule has 1 aromatic rings. The van der Waals surface area contributed by atoms with Crippen LogP contribution in [0.1, 0.15) is 26.7 Å². The summed E-state index contributed by atoms with van der Waals surface area (Å²) < 4.78 is 5.31. The monoisotopic (exact) mass is 333 g/mol. The predicted octanol–water partition coefficient (Wildman–Crippen LogP) is 3.13. The minimum absolute atomic E-state index is 0.0233. The lowest BCUT2D eigenvalue weighted by atomic mass is 9.98. The predicted molar refractivity (Wildman–Crippen MR) is 81.0 cm³/mol. The number of carboxylic acid groups (broad SMARTS) is 1. The standard InChI is InChI=1S/C14H17Cl2NO4/c1-14(2,7-6-12(19)20)17-11(18)8-21-13-9(15)4-3-5-10(13)16/h3-5H,6-8H2,1-2H3,(H,17,18)(H,19,20). The first-order valence-electron chi connectivity index (χ1n) is 6.31. The highest BCUT2D eigenvalue weighted by atomic mass is 35.5. The second kappa shape index (κ2) is 7.52. The maximum absolute atomic E-state index is 11.8. The molecule has 1 amide bonds. The van der Waals surface area contributed by atoms with Gasteiger partial charge in [0.2, 0.25) is 0 Å². The van der Waals surface area contributed by atoms with Crippen molar-refractivity contribution in [2.24, 2.45) is 0 Å². The Balaban J connectivity index is 2.52. The molecule has 0 aliphatic carbocycles. The van der Waals surface area contributed by atoms with E-state index in [0.29, 0.717) is 16.5 Å². The van der Waals surface area contributed by atoms with Gasteiger partial charge in [0.05, 0.1) is 10.0 Å². The van der Waals surface area contributed by atoms with Crippen molar-refractivity contribution in [3.8, 4) is 5.75 Å². The van der Waals surface area contributed by atoms with Gasteiger partial charge in [-0.15, -0.1) is 0 Å². The molecular weight excluding hydrogens is 317 g/mol.